The van der Waals surface area contributed by atoms with Crippen LogP contribution in [-0.4, -0.2) is 11.1 Å². The van der Waals surface area contributed by atoms with E-state index in [-0.39, 0.29) is 17.3 Å². The summed E-state index contributed by atoms with van der Waals surface area (Å²) in [4.78, 5) is 24.0. The van der Waals surface area contributed by atoms with Crippen LogP contribution in [0, 0.1) is 0 Å². The van der Waals surface area contributed by atoms with Crippen molar-refractivity contribution in [3.8, 4) is 11.3 Å². The number of hydrogen-bond acceptors (Lipinski definition) is 6. The summed E-state index contributed by atoms with van der Waals surface area (Å²) in [5.41, 5.74) is -0.0499. The number of nitrogens with zero attached hydrogens (tertiary/aromatic N) is 1. The van der Waals surface area contributed by atoms with Gasteiger partial charge in [0.05, 0.1) is 5.56 Å². The zero-order valence-electron chi connectivity index (χ0n) is 16.0. The summed E-state index contributed by atoms with van der Waals surface area (Å²) in [5, 5.41) is 9.09. The van der Waals surface area contributed by atoms with Crippen LogP contribution >= 0.6 is 0 Å². The van der Waals surface area contributed by atoms with E-state index in [0.29, 0.717) is 41.8 Å². The van der Waals surface area contributed by atoms with Gasteiger partial charge in [-0.05, 0) is 30.5 Å². The number of fused-ring (bicyclic) bond motifs is 1. The number of carbonyl (C=O) groups is 1. The molecule has 0 fully saturated rings. The van der Waals surface area contributed by atoms with Crippen LogP contribution in [0.2, 0.25) is 0 Å². The van der Waals surface area contributed by atoms with Gasteiger partial charge in [-0.2, -0.15) is 13.2 Å². The predicted molar refractivity (Wildman–Crippen MR) is 104 cm³/mol. The summed E-state index contributed by atoms with van der Waals surface area (Å²) in [7, 11) is 0. The van der Waals surface area contributed by atoms with Crippen molar-refractivity contribution in [3.05, 3.63) is 81.7 Å². The number of amides is 1. The van der Waals surface area contributed by atoms with Crippen LogP contribution in [0.5, 0.6) is 0 Å². The molecule has 3 aromatic rings. The van der Waals surface area contributed by atoms with Crippen molar-refractivity contribution in [1.29, 1.82) is 0 Å². The van der Waals surface area contributed by atoms with Gasteiger partial charge in [0.2, 0.25) is 5.88 Å². The SMILES string of the molecule is C=C1NC(=O)c2c(CCCc3cc(-c4cccc(C(F)(F)F)c4)no3)cc(=O)oc2N1. The molecule has 31 heavy (non-hydrogen) atoms. The molecule has 7 nitrogen and oxygen atoms in total. The minimum atomic E-state index is -4.45. The summed E-state index contributed by atoms with van der Waals surface area (Å²) in [6, 6.07) is 7.65. The number of benzene rings is 1. The van der Waals surface area contributed by atoms with Gasteiger partial charge >= 0.3 is 11.8 Å². The number of aryl methyl sites for hydroxylation is 2. The molecule has 1 aliphatic heterocycles. The quantitative estimate of drug-likeness (QED) is 0.631. The van der Waals surface area contributed by atoms with Crippen molar-refractivity contribution < 1.29 is 26.9 Å². The molecule has 10 heteroatoms. The molecule has 0 spiro atoms. The fourth-order valence-electron chi connectivity index (χ4n) is 3.32. The number of anilines is 1. The first-order chi connectivity index (χ1) is 14.7. The third-order valence-electron chi connectivity index (χ3n) is 4.71. The van der Waals surface area contributed by atoms with Gasteiger partial charge in [0.1, 0.15) is 22.8 Å². The van der Waals surface area contributed by atoms with Crippen LogP contribution < -0.4 is 16.3 Å². The van der Waals surface area contributed by atoms with E-state index in [1.165, 1.54) is 18.2 Å². The number of alkyl halides is 3. The Morgan fingerprint density at radius 2 is 1.87 bits per heavy atom. The van der Waals surface area contributed by atoms with Gasteiger partial charge in [-0.15, -0.1) is 0 Å². The maximum absolute atomic E-state index is 12.9. The maximum atomic E-state index is 12.9. The van der Waals surface area contributed by atoms with Crippen molar-refractivity contribution >= 4 is 11.8 Å². The van der Waals surface area contributed by atoms with Crippen molar-refractivity contribution in [3.63, 3.8) is 0 Å². The number of rotatable bonds is 5. The molecule has 0 saturated carbocycles. The molecule has 2 N–H and O–H groups in total. The van der Waals surface area contributed by atoms with E-state index in [0.717, 1.165) is 12.1 Å². The van der Waals surface area contributed by atoms with Gasteiger partial charge < -0.3 is 19.6 Å². The van der Waals surface area contributed by atoms with Crippen LogP contribution in [-0.2, 0) is 19.0 Å². The third-order valence-corrected chi connectivity index (χ3v) is 4.71. The van der Waals surface area contributed by atoms with Gasteiger partial charge in [0.15, 0.2) is 0 Å². The lowest BCUT2D eigenvalue weighted by atomic mass is 10.0. The third kappa shape index (κ3) is 4.37. The first-order valence-electron chi connectivity index (χ1n) is 9.28. The fraction of sp³-hybridized carbons (Fsp3) is 0.190. The smallest absolute Gasteiger partial charge is 0.405 e. The normalized spacial score (nSPS) is 13.5. The minimum absolute atomic E-state index is 0.0442. The zero-order valence-corrected chi connectivity index (χ0v) is 16.0. The first kappa shape index (κ1) is 20.5. The summed E-state index contributed by atoms with van der Waals surface area (Å²) >= 11 is 0. The molecule has 160 valence electrons. The average Bonchev–Trinajstić information content (AvgIpc) is 3.15. The van der Waals surface area contributed by atoms with E-state index in [9.17, 15) is 22.8 Å². The number of aromatic nitrogens is 1. The topological polar surface area (TPSA) is 97.4 Å². The number of halogens is 3. The van der Waals surface area contributed by atoms with Crippen molar-refractivity contribution in [2.75, 3.05) is 5.32 Å². The van der Waals surface area contributed by atoms with Crippen LogP contribution in [0.25, 0.3) is 11.3 Å². The number of nitrogens with one attached hydrogen (secondary N) is 2. The lowest BCUT2D eigenvalue weighted by Crippen LogP contribution is -2.34. The second-order valence-corrected chi connectivity index (χ2v) is 6.96. The minimum Gasteiger partial charge on any atom is -0.405 e. The molecule has 0 saturated heterocycles. The lowest BCUT2D eigenvalue weighted by Gasteiger charge is -2.20. The average molecular weight is 431 g/mol. The Hall–Kier alpha value is -3.82. The van der Waals surface area contributed by atoms with E-state index >= 15 is 0 Å². The Labute approximate surface area is 173 Å². The maximum Gasteiger partial charge on any atom is 0.416 e. The number of hydrogen-bond donors (Lipinski definition) is 2. The Balaban J connectivity index is 1.47. The van der Waals surface area contributed by atoms with Crippen molar-refractivity contribution in [2.24, 2.45) is 0 Å². The molecule has 4 rings (SSSR count). The van der Waals surface area contributed by atoms with Crippen molar-refractivity contribution in [2.45, 2.75) is 25.4 Å². The highest BCUT2D eigenvalue weighted by atomic mass is 19.4. The molecule has 0 unspecified atom stereocenters. The van der Waals surface area contributed by atoms with Crippen LogP contribution in [0.4, 0.5) is 19.1 Å². The van der Waals surface area contributed by atoms with E-state index in [4.69, 9.17) is 8.94 Å². The molecule has 0 aliphatic carbocycles. The highest BCUT2D eigenvalue weighted by Gasteiger charge is 2.30. The van der Waals surface area contributed by atoms with E-state index < -0.39 is 23.3 Å². The molecule has 0 radical (unpaired) electrons. The van der Waals surface area contributed by atoms with Crippen molar-refractivity contribution in [1.82, 2.24) is 10.5 Å². The van der Waals surface area contributed by atoms with Gasteiger partial charge in [-0.3, -0.25) is 4.79 Å². The number of carbonyl (C=O) groups excluding carboxylic acids is 1. The predicted octanol–water partition coefficient (Wildman–Crippen LogP) is 4.12. The fourth-order valence-corrected chi connectivity index (χ4v) is 3.32. The summed E-state index contributed by atoms with van der Waals surface area (Å²) in [6.45, 7) is 3.58. The van der Waals surface area contributed by atoms with Gasteiger partial charge in [-0.25, -0.2) is 4.79 Å². The summed E-state index contributed by atoms with van der Waals surface area (Å²) in [5.74, 6) is 0.300. The molecular weight excluding hydrogens is 415 g/mol. The van der Waals surface area contributed by atoms with Crippen LogP contribution in [0.15, 0.2) is 62.5 Å². The van der Waals surface area contributed by atoms with Crippen LogP contribution in [0.3, 0.4) is 0 Å². The standard InChI is InChI=1S/C21H16F3N3O4/c1-11-25-19(29)18-13(9-17(28)30-20(18)26-11)5-3-7-15-10-16(27-31-15)12-4-2-6-14(8-12)21(22,23)24/h2,4,6,8-10,26H,1,3,5,7H2,(H,25,29). The largest absolute Gasteiger partial charge is 0.416 e. The lowest BCUT2D eigenvalue weighted by molar-refractivity contribution is -0.137. The molecular formula is C21H16F3N3O4. The van der Waals surface area contributed by atoms with Gasteiger partial charge in [0, 0.05) is 24.1 Å². The Morgan fingerprint density at radius 1 is 1.06 bits per heavy atom. The second-order valence-electron chi connectivity index (χ2n) is 6.96. The summed E-state index contributed by atoms with van der Waals surface area (Å²) in [6.07, 6.45) is -3.17. The zero-order chi connectivity index (χ0) is 22.2. The van der Waals surface area contributed by atoms with Crippen LogP contribution in [0.1, 0.15) is 33.7 Å². The van der Waals surface area contributed by atoms with Gasteiger partial charge in [0.25, 0.3) is 5.91 Å². The van der Waals surface area contributed by atoms with E-state index in [1.54, 1.807) is 6.07 Å². The first-order valence-corrected chi connectivity index (χ1v) is 9.28. The van der Waals surface area contributed by atoms with Gasteiger partial charge in [-0.1, -0.05) is 23.9 Å². The highest BCUT2D eigenvalue weighted by Crippen LogP contribution is 2.32. The second kappa shape index (κ2) is 7.78. The van der Waals surface area contributed by atoms with E-state index in [1.807, 2.05) is 0 Å². The molecule has 2 aromatic heterocycles. The molecule has 0 atom stereocenters. The molecule has 1 aromatic carbocycles. The molecule has 1 amide bonds. The monoisotopic (exact) mass is 431 g/mol. The highest BCUT2D eigenvalue weighted by molar-refractivity contribution is 6.03. The molecule has 0 bridgehead atoms. The Bertz CT molecular complexity index is 1230. The Kier molecular flexibility index (Phi) is 5.14. The van der Waals surface area contributed by atoms with E-state index in [2.05, 4.69) is 22.4 Å². The molecule has 1 aliphatic rings. The Morgan fingerprint density at radius 3 is 2.65 bits per heavy atom. The molecule has 3 heterocycles. The summed E-state index contributed by atoms with van der Waals surface area (Å²) < 4.78 is 49.0.